The summed E-state index contributed by atoms with van der Waals surface area (Å²) in [5.74, 6) is -1.78. The number of alkyl halides is 2. The smallest absolute Gasteiger partial charge is 0.253 e. The number of amides is 2. The summed E-state index contributed by atoms with van der Waals surface area (Å²) in [6, 6.07) is 9.47. The zero-order chi connectivity index (χ0) is 23.9. The first-order valence-corrected chi connectivity index (χ1v) is 12.2. The van der Waals surface area contributed by atoms with Gasteiger partial charge in [0, 0.05) is 40.5 Å². The highest BCUT2D eigenvalue weighted by Gasteiger charge is 2.67. The average Bonchev–Trinajstić information content (AvgIpc) is 3.32. The first-order valence-electron chi connectivity index (χ1n) is 10.3. The standard InChI is InChI=1S/C23H19Cl5N2O3/c24-12-7-11(8-13(25)9-12)19-20(23(19,27)28)22(33)30-15-3-6-18(26)17(10-15)21(32)29-14-1-4-16(31)5-2-14/h3,6-10,14,19-20H,1-2,4-5H2,(H,29,32)(H,30,33)/t19-,20+/m1/s1. The Morgan fingerprint density at radius 3 is 2.21 bits per heavy atom. The van der Waals surface area contributed by atoms with Crippen LogP contribution in [-0.2, 0) is 9.59 Å². The number of nitrogens with one attached hydrogen (secondary N) is 2. The molecule has 0 unspecified atom stereocenters. The quantitative estimate of drug-likeness (QED) is 0.424. The van der Waals surface area contributed by atoms with E-state index in [0.29, 0.717) is 47.0 Å². The van der Waals surface area contributed by atoms with E-state index in [4.69, 9.17) is 58.0 Å². The van der Waals surface area contributed by atoms with Gasteiger partial charge >= 0.3 is 0 Å². The van der Waals surface area contributed by atoms with E-state index in [-0.39, 0.29) is 28.3 Å². The SMILES string of the molecule is O=C1CCC(NC(=O)c2cc(NC(=O)[C@@H]3[C@@H](c4cc(Cl)cc(Cl)c4)C3(Cl)Cl)ccc2Cl)CC1. The molecular formula is C23H19Cl5N2O3. The minimum absolute atomic E-state index is 0.0885. The summed E-state index contributed by atoms with van der Waals surface area (Å²) in [5.41, 5.74) is 1.27. The third kappa shape index (κ3) is 5.44. The number of carbonyl (C=O) groups excluding carboxylic acids is 3. The van der Waals surface area contributed by atoms with Crippen molar-refractivity contribution in [2.45, 2.75) is 42.0 Å². The summed E-state index contributed by atoms with van der Waals surface area (Å²) in [5, 5.41) is 6.76. The number of hydrogen-bond donors (Lipinski definition) is 2. The highest BCUT2D eigenvalue weighted by atomic mass is 35.5. The Morgan fingerprint density at radius 2 is 1.58 bits per heavy atom. The summed E-state index contributed by atoms with van der Waals surface area (Å²) in [6.45, 7) is 0. The predicted octanol–water partition coefficient (Wildman–Crippen LogP) is 6.41. The first-order chi connectivity index (χ1) is 15.6. The lowest BCUT2D eigenvalue weighted by Crippen LogP contribution is -2.37. The molecule has 2 atom stereocenters. The molecule has 2 aromatic carbocycles. The number of halogens is 5. The Morgan fingerprint density at radius 1 is 0.939 bits per heavy atom. The normalized spacial score (nSPS) is 22.0. The molecule has 2 aliphatic rings. The lowest BCUT2D eigenvalue weighted by atomic mass is 9.94. The number of anilines is 1. The number of ketones is 1. The summed E-state index contributed by atoms with van der Waals surface area (Å²) in [4.78, 5) is 37.1. The van der Waals surface area contributed by atoms with Crippen LogP contribution >= 0.6 is 58.0 Å². The van der Waals surface area contributed by atoms with Crippen LogP contribution in [0.4, 0.5) is 5.69 Å². The van der Waals surface area contributed by atoms with Crippen LogP contribution in [0.15, 0.2) is 36.4 Å². The summed E-state index contributed by atoms with van der Waals surface area (Å²) >= 11 is 31.2. The van der Waals surface area contributed by atoms with Crippen LogP contribution in [0, 0.1) is 5.92 Å². The van der Waals surface area contributed by atoms with Crippen LogP contribution in [-0.4, -0.2) is 28.0 Å². The van der Waals surface area contributed by atoms with E-state index in [2.05, 4.69) is 10.6 Å². The summed E-state index contributed by atoms with van der Waals surface area (Å²) in [7, 11) is 0. The third-order valence-electron chi connectivity index (χ3n) is 5.94. The van der Waals surface area contributed by atoms with Gasteiger partial charge in [0.25, 0.3) is 5.91 Å². The van der Waals surface area contributed by atoms with Crippen molar-refractivity contribution >= 4 is 81.3 Å². The Bertz CT molecular complexity index is 1110. The Labute approximate surface area is 216 Å². The molecule has 5 nitrogen and oxygen atoms in total. The van der Waals surface area contributed by atoms with Crippen molar-refractivity contribution in [1.29, 1.82) is 0 Å². The second-order valence-electron chi connectivity index (χ2n) is 8.30. The molecule has 2 fully saturated rings. The average molecular weight is 549 g/mol. The van der Waals surface area contributed by atoms with E-state index in [9.17, 15) is 14.4 Å². The molecule has 2 aliphatic carbocycles. The fourth-order valence-corrected chi connectivity index (χ4v) is 5.74. The molecule has 2 saturated carbocycles. The van der Waals surface area contributed by atoms with Crippen LogP contribution < -0.4 is 10.6 Å². The second kappa shape index (κ2) is 9.63. The largest absolute Gasteiger partial charge is 0.349 e. The Balaban J connectivity index is 1.46. The highest BCUT2D eigenvalue weighted by molar-refractivity contribution is 6.53. The van der Waals surface area contributed by atoms with Gasteiger partial charge in [0.05, 0.1) is 16.5 Å². The Kier molecular flexibility index (Phi) is 7.18. The first kappa shape index (κ1) is 24.6. The van der Waals surface area contributed by atoms with Gasteiger partial charge in [-0.2, -0.15) is 0 Å². The van der Waals surface area contributed by atoms with E-state index in [1.54, 1.807) is 24.3 Å². The molecule has 0 aromatic heterocycles. The molecule has 2 amide bonds. The van der Waals surface area contributed by atoms with E-state index in [0.717, 1.165) is 0 Å². The van der Waals surface area contributed by atoms with Gasteiger partial charge in [-0.3, -0.25) is 14.4 Å². The van der Waals surface area contributed by atoms with Crippen LogP contribution in [0.1, 0.15) is 47.5 Å². The number of hydrogen-bond acceptors (Lipinski definition) is 3. The molecule has 2 aromatic rings. The Hall–Kier alpha value is -1.50. The summed E-state index contributed by atoms with van der Waals surface area (Å²) < 4.78 is -1.32. The number of Topliss-reactive ketones (excluding diaryl/α,β-unsaturated/α-hetero) is 1. The molecule has 2 N–H and O–H groups in total. The minimum atomic E-state index is -1.32. The lowest BCUT2D eigenvalue weighted by molar-refractivity contribution is -0.120. The van der Waals surface area contributed by atoms with Crippen molar-refractivity contribution in [3.8, 4) is 0 Å². The van der Waals surface area contributed by atoms with Gasteiger partial charge in [0.1, 0.15) is 10.1 Å². The van der Waals surface area contributed by atoms with Crippen LogP contribution in [0.3, 0.4) is 0 Å². The molecule has 0 saturated heterocycles. The van der Waals surface area contributed by atoms with Crippen molar-refractivity contribution < 1.29 is 14.4 Å². The topological polar surface area (TPSA) is 75.3 Å². The molecule has 4 rings (SSSR count). The van der Waals surface area contributed by atoms with Gasteiger partial charge in [-0.25, -0.2) is 0 Å². The van der Waals surface area contributed by atoms with E-state index in [1.807, 2.05) is 0 Å². The second-order valence-corrected chi connectivity index (χ2v) is 11.0. The molecule has 0 spiro atoms. The predicted molar refractivity (Wildman–Crippen MR) is 132 cm³/mol. The molecular weight excluding hydrogens is 530 g/mol. The molecule has 0 aliphatic heterocycles. The van der Waals surface area contributed by atoms with Gasteiger partial charge in [0.15, 0.2) is 0 Å². The molecule has 174 valence electrons. The fraction of sp³-hybridized carbons (Fsp3) is 0.348. The van der Waals surface area contributed by atoms with Crippen molar-refractivity contribution in [3.05, 3.63) is 62.6 Å². The van der Waals surface area contributed by atoms with E-state index < -0.39 is 22.1 Å². The number of benzene rings is 2. The molecule has 0 heterocycles. The van der Waals surface area contributed by atoms with Crippen LogP contribution in [0.5, 0.6) is 0 Å². The van der Waals surface area contributed by atoms with Crippen molar-refractivity contribution in [1.82, 2.24) is 5.32 Å². The van der Waals surface area contributed by atoms with Crippen molar-refractivity contribution in [2.24, 2.45) is 5.92 Å². The van der Waals surface area contributed by atoms with Gasteiger partial charge in [-0.1, -0.05) is 34.8 Å². The zero-order valence-electron chi connectivity index (χ0n) is 17.1. The number of carbonyl (C=O) groups is 3. The van der Waals surface area contributed by atoms with Gasteiger partial charge in [0.2, 0.25) is 5.91 Å². The maximum atomic E-state index is 12.9. The number of rotatable bonds is 5. The summed E-state index contributed by atoms with van der Waals surface area (Å²) in [6.07, 6.45) is 2.10. The van der Waals surface area contributed by atoms with Crippen molar-refractivity contribution in [3.63, 3.8) is 0 Å². The monoisotopic (exact) mass is 546 g/mol. The maximum Gasteiger partial charge on any atom is 0.253 e. The van der Waals surface area contributed by atoms with Gasteiger partial charge in [-0.05, 0) is 54.8 Å². The highest BCUT2D eigenvalue weighted by Crippen LogP contribution is 2.65. The lowest BCUT2D eigenvalue weighted by Gasteiger charge is -2.22. The molecule has 33 heavy (non-hydrogen) atoms. The van der Waals surface area contributed by atoms with Crippen LogP contribution in [0.25, 0.3) is 0 Å². The molecule has 0 radical (unpaired) electrons. The van der Waals surface area contributed by atoms with E-state index in [1.165, 1.54) is 12.1 Å². The zero-order valence-corrected chi connectivity index (χ0v) is 20.9. The molecule has 0 bridgehead atoms. The van der Waals surface area contributed by atoms with E-state index >= 15 is 0 Å². The fourth-order valence-electron chi connectivity index (χ4n) is 4.17. The maximum absolute atomic E-state index is 12.9. The van der Waals surface area contributed by atoms with Gasteiger partial charge < -0.3 is 10.6 Å². The van der Waals surface area contributed by atoms with Crippen LogP contribution in [0.2, 0.25) is 15.1 Å². The minimum Gasteiger partial charge on any atom is -0.349 e. The molecule has 10 heteroatoms. The van der Waals surface area contributed by atoms with Crippen molar-refractivity contribution in [2.75, 3.05) is 5.32 Å². The van der Waals surface area contributed by atoms with Gasteiger partial charge in [-0.15, -0.1) is 23.2 Å². The third-order valence-corrected chi connectivity index (χ3v) is 7.64.